The molecule has 1 fully saturated rings. The number of benzene rings is 1. The van der Waals surface area contributed by atoms with Crippen molar-refractivity contribution < 1.29 is 22.9 Å². The Labute approximate surface area is 151 Å². The minimum Gasteiger partial charge on any atom is -0.474 e. The number of nitrogens with one attached hydrogen (secondary N) is 1. The van der Waals surface area contributed by atoms with Gasteiger partial charge in [-0.15, -0.1) is 6.58 Å². The SMILES string of the molecule is C=CCNC(=O)[C@@H](C)Oc1ccc(S(=O)(=O)N2CCCC2)cc1[N+](=O)[O-]. The highest BCUT2D eigenvalue weighted by atomic mass is 32.2. The summed E-state index contributed by atoms with van der Waals surface area (Å²) in [5.41, 5.74) is -0.506. The molecule has 1 saturated heterocycles. The van der Waals surface area contributed by atoms with Crippen molar-refractivity contribution in [1.29, 1.82) is 0 Å². The zero-order valence-corrected chi connectivity index (χ0v) is 15.2. The third-order valence-electron chi connectivity index (χ3n) is 3.92. The van der Waals surface area contributed by atoms with Gasteiger partial charge in [0.25, 0.3) is 5.91 Å². The molecule has 0 unspecified atom stereocenters. The van der Waals surface area contributed by atoms with E-state index >= 15 is 0 Å². The van der Waals surface area contributed by atoms with E-state index in [1.165, 1.54) is 29.4 Å². The molecule has 0 radical (unpaired) electrons. The van der Waals surface area contributed by atoms with E-state index in [1.807, 2.05) is 0 Å². The van der Waals surface area contributed by atoms with E-state index in [0.29, 0.717) is 13.1 Å². The second-order valence-corrected chi connectivity index (χ2v) is 7.73. The van der Waals surface area contributed by atoms with Crippen molar-refractivity contribution >= 4 is 21.6 Å². The van der Waals surface area contributed by atoms with Gasteiger partial charge in [-0.2, -0.15) is 4.31 Å². The molecule has 0 aliphatic carbocycles. The molecule has 0 bridgehead atoms. The number of sulfonamides is 1. The zero-order chi connectivity index (χ0) is 19.3. The van der Waals surface area contributed by atoms with Gasteiger partial charge in [-0.25, -0.2) is 8.42 Å². The standard InChI is InChI=1S/C16H21N3O6S/c1-3-8-17-16(20)12(2)25-15-7-6-13(11-14(15)19(21)22)26(23,24)18-9-4-5-10-18/h3,6-7,11-12H,1,4-5,8-10H2,2H3,(H,17,20)/t12-/m1/s1. The van der Waals surface area contributed by atoms with Gasteiger partial charge < -0.3 is 10.1 Å². The molecule has 26 heavy (non-hydrogen) atoms. The second kappa shape index (κ2) is 8.28. The Bertz CT molecular complexity index is 802. The fourth-order valence-electron chi connectivity index (χ4n) is 2.54. The predicted octanol–water partition coefficient (Wildman–Crippen LogP) is 1.45. The van der Waals surface area contributed by atoms with Gasteiger partial charge in [0.2, 0.25) is 10.0 Å². The van der Waals surface area contributed by atoms with Gasteiger partial charge in [-0.05, 0) is 31.9 Å². The molecule has 0 spiro atoms. The van der Waals surface area contributed by atoms with Crippen LogP contribution in [0.5, 0.6) is 5.75 Å². The van der Waals surface area contributed by atoms with Crippen LogP contribution in [0.25, 0.3) is 0 Å². The van der Waals surface area contributed by atoms with Gasteiger partial charge in [0.15, 0.2) is 11.9 Å². The normalized spacial score (nSPS) is 16.0. The Kier molecular flexibility index (Phi) is 6.32. The Morgan fingerprint density at radius 3 is 2.69 bits per heavy atom. The second-order valence-electron chi connectivity index (χ2n) is 5.79. The van der Waals surface area contributed by atoms with Crippen LogP contribution in [0.4, 0.5) is 5.69 Å². The molecule has 1 atom stereocenters. The smallest absolute Gasteiger partial charge is 0.312 e. The van der Waals surface area contributed by atoms with E-state index in [4.69, 9.17) is 4.74 Å². The van der Waals surface area contributed by atoms with Crippen molar-refractivity contribution in [1.82, 2.24) is 9.62 Å². The zero-order valence-electron chi connectivity index (χ0n) is 14.4. The largest absolute Gasteiger partial charge is 0.474 e. The number of amides is 1. The van der Waals surface area contributed by atoms with Crippen LogP contribution in [-0.2, 0) is 14.8 Å². The van der Waals surface area contributed by atoms with Gasteiger partial charge in [-0.1, -0.05) is 6.08 Å². The first-order valence-electron chi connectivity index (χ1n) is 8.11. The molecule has 0 saturated carbocycles. The van der Waals surface area contributed by atoms with E-state index in [2.05, 4.69) is 11.9 Å². The van der Waals surface area contributed by atoms with Gasteiger partial charge in [0, 0.05) is 25.7 Å². The Balaban J connectivity index is 2.27. The fourth-order valence-corrected chi connectivity index (χ4v) is 4.08. The molecule has 10 heteroatoms. The van der Waals surface area contributed by atoms with E-state index in [0.717, 1.165) is 18.9 Å². The lowest BCUT2D eigenvalue weighted by Crippen LogP contribution is -2.36. The summed E-state index contributed by atoms with van der Waals surface area (Å²) in [6, 6.07) is 3.43. The van der Waals surface area contributed by atoms with Crippen molar-refractivity contribution in [2.24, 2.45) is 0 Å². The van der Waals surface area contributed by atoms with Crippen molar-refractivity contribution in [2.75, 3.05) is 19.6 Å². The molecule has 1 aliphatic heterocycles. The Morgan fingerprint density at radius 1 is 1.46 bits per heavy atom. The maximum Gasteiger partial charge on any atom is 0.312 e. The summed E-state index contributed by atoms with van der Waals surface area (Å²) in [4.78, 5) is 22.3. The molecule has 1 amide bonds. The first-order chi connectivity index (χ1) is 12.3. The number of carbonyl (C=O) groups is 1. The summed E-state index contributed by atoms with van der Waals surface area (Å²) in [5.74, 6) is -0.635. The molecule has 2 rings (SSSR count). The van der Waals surface area contributed by atoms with Crippen LogP contribution >= 0.6 is 0 Å². The number of nitro benzene ring substituents is 1. The van der Waals surface area contributed by atoms with Crippen LogP contribution in [0.1, 0.15) is 19.8 Å². The number of nitro groups is 1. The minimum absolute atomic E-state index is 0.165. The molecule has 9 nitrogen and oxygen atoms in total. The molecule has 1 heterocycles. The topological polar surface area (TPSA) is 119 Å². The lowest BCUT2D eigenvalue weighted by atomic mass is 10.3. The first-order valence-corrected chi connectivity index (χ1v) is 9.55. The molecule has 0 aromatic heterocycles. The summed E-state index contributed by atoms with van der Waals surface area (Å²) in [6.45, 7) is 5.95. The van der Waals surface area contributed by atoms with Crippen LogP contribution in [0.3, 0.4) is 0 Å². The molecular formula is C16H21N3O6S. The summed E-state index contributed by atoms with van der Waals surface area (Å²) >= 11 is 0. The van der Waals surface area contributed by atoms with E-state index in [-0.39, 0.29) is 17.2 Å². The summed E-state index contributed by atoms with van der Waals surface area (Å²) < 4.78 is 31.8. The predicted molar refractivity (Wildman–Crippen MR) is 94.4 cm³/mol. The Morgan fingerprint density at radius 2 is 2.12 bits per heavy atom. The number of rotatable bonds is 8. The molecular weight excluding hydrogens is 362 g/mol. The number of carbonyl (C=O) groups excluding carboxylic acids is 1. The maximum atomic E-state index is 12.6. The lowest BCUT2D eigenvalue weighted by Gasteiger charge is -2.17. The van der Waals surface area contributed by atoms with Crippen molar-refractivity contribution in [2.45, 2.75) is 30.8 Å². The third kappa shape index (κ3) is 4.38. The number of hydrogen-bond acceptors (Lipinski definition) is 6. The first kappa shape index (κ1) is 19.9. The van der Waals surface area contributed by atoms with Crippen LogP contribution in [0.2, 0.25) is 0 Å². The van der Waals surface area contributed by atoms with Crippen molar-refractivity contribution in [3.8, 4) is 5.75 Å². The van der Waals surface area contributed by atoms with Gasteiger partial charge in [0.1, 0.15) is 0 Å². The molecule has 142 valence electrons. The Hall–Kier alpha value is -2.46. The quantitative estimate of drug-likeness (QED) is 0.412. The highest BCUT2D eigenvalue weighted by Gasteiger charge is 2.30. The van der Waals surface area contributed by atoms with E-state index in [9.17, 15) is 23.3 Å². The van der Waals surface area contributed by atoms with Crippen LogP contribution in [0, 0.1) is 10.1 Å². The summed E-state index contributed by atoms with van der Waals surface area (Å²) in [7, 11) is -3.79. The molecule has 1 N–H and O–H groups in total. The summed E-state index contributed by atoms with van der Waals surface area (Å²) in [6.07, 6.45) is 2.03. The van der Waals surface area contributed by atoms with E-state index < -0.39 is 32.6 Å². The summed E-state index contributed by atoms with van der Waals surface area (Å²) in [5, 5.41) is 13.9. The lowest BCUT2D eigenvalue weighted by molar-refractivity contribution is -0.386. The van der Waals surface area contributed by atoms with Crippen molar-refractivity contribution in [3.05, 3.63) is 41.0 Å². The molecule has 1 aromatic rings. The fraction of sp³-hybridized carbons (Fsp3) is 0.438. The molecule has 1 aliphatic rings. The number of nitrogens with zero attached hydrogens (tertiary/aromatic N) is 2. The monoisotopic (exact) mass is 383 g/mol. The van der Waals surface area contributed by atoms with Crippen molar-refractivity contribution in [3.63, 3.8) is 0 Å². The minimum atomic E-state index is -3.79. The average Bonchev–Trinajstić information content (AvgIpc) is 3.15. The third-order valence-corrected chi connectivity index (χ3v) is 5.82. The van der Waals surface area contributed by atoms with Crippen LogP contribution in [-0.4, -0.2) is 49.3 Å². The highest BCUT2D eigenvalue weighted by Crippen LogP contribution is 2.32. The van der Waals surface area contributed by atoms with Gasteiger partial charge in [0.05, 0.1) is 9.82 Å². The van der Waals surface area contributed by atoms with Crippen LogP contribution < -0.4 is 10.1 Å². The van der Waals surface area contributed by atoms with Gasteiger partial charge >= 0.3 is 5.69 Å². The van der Waals surface area contributed by atoms with Gasteiger partial charge in [-0.3, -0.25) is 14.9 Å². The number of hydrogen-bond donors (Lipinski definition) is 1. The average molecular weight is 383 g/mol. The molecule has 1 aromatic carbocycles. The maximum absolute atomic E-state index is 12.6. The number of ether oxygens (including phenoxy) is 1. The van der Waals surface area contributed by atoms with Crippen LogP contribution in [0.15, 0.2) is 35.7 Å². The highest BCUT2D eigenvalue weighted by molar-refractivity contribution is 7.89. The van der Waals surface area contributed by atoms with E-state index in [1.54, 1.807) is 0 Å².